The molecule has 0 atom stereocenters. The highest BCUT2D eigenvalue weighted by Crippen LogP contribution is 2.53. The van der Waals surface area contributed by atoms with E-state index in [4.69, 9.17) is 4.74 Å². The molecule has 4 nitrogen and oxygen atoms in total. The third kappa shape index (κ3) is 1.66. The lowest BCUT2D eigenvalue weighted by atomic mass is 9.62. The van der Waals surface area contributed by atoms with Gasteiger partial charge in [-0.15, -0.1) is 0 Å². The van der Waals surface area contributed by atoms with Crippen molar-refractivity contribution in [3.63, 3.8) is 0 Å². The Morgan fingerprint density at radius 3 is 2.53 bits per heavy atom. The normalized spacial score (nSPS) is 39.5. The molecule has 1 saturated heterocycles. The van der Waals surface area contributed by atoms with Gasteiger partial charge in [0.1, 0.15) is 5.72 Å². The predicted molar refractivity (Wildman–Crippen MR) is 57.3 cm³/mol. The number of carbonyl (C=O) groups excluding carboxylic acids is 1. The molecule has 2 aliphatic rings. The molecule has 2 fully saturated rings. The maximum absolute atomic E-state index is 11.3. The van der Waals surface area contributed by atoms with Gasteiger partial charge in [-0.3, -0.25) is 10.1 Å². The largest absolute Gasteiger partial charge is 0.364 e. The number of nitrogens with one attached hydrogen (secondary N) is 1. The van der Waals surface area contributed by atoms with Gasteiger partial charge in [0, 0.05) is 27.1 Å². The predicted octanol–water partition coefficient (Wildman–Crippen LogP) is 0.581. The summed E-state index contributed by atoms with van der Waals surface area (Å²) in [7, 11) is 3.69. The zero-order chi connectivity index (χ0) is 11.1. The smallest absolute Gasteiger partial charge is 0.219 e. The summed E-state index contributed by atoms with van der Waals surface area (Å²) in [6.45, 7) is 3.48. The van der Waals surface area contributed by atoms with Crippen molar-refractivity contribution in [3.8, 4) is 0 Å². The molecule has 1 heterocycles. The van der Waals surface area contributed by atoms with E-state index in [9.17, 15) is 4.79 Å². The quantitative estimate of drug-likeness (QED) is 0.681. The minimum absolute atomic E-state index is 0.132. The zero-order valence-electron chi connectivity index (χ0n) is 9.80. The summed E-state index contributed by atoms with van der Waals surface area (Å²) in [5, 5.41) is 3.23. The van der Waals surface area contributed by atoms with Crippen molar-refractivity contribution in [1.29, 1.82) is 0 Å². The molecule has 1 N–H and O–H groups in total. The highest BCUT2D eigenvalue weighted by Gasteiger charge is 2.57. The van der Waals surface area contributed by atoms with E-state index in [1.165, 1.54) is 0 Å². The van der Waals surface area contributed by atoms with Crippen molar-refractivity contribution in [2.45, 2.75) is 31.9 Å². The number of likely N-dealkylation sites (tertiary alicyclic amines) is 1. The molecule has 0 aromatic carbocycles. The molecule has 1 spiro atoms. The first-order valence-corrected chi connectivity index (χ1v) is 5.54. The number of hydrogen-bond acceptors (Lipinski definition) is 3. The van der Waals surface area contributed by atoms with Crippen molar-refractivity contribution in [3.05, 3.63) is 0 Å². The Bertz CT molecular complexity index is 266. The third-order valence-electron chi connectivity index (χ3n) is 4.05. The van der Waals surface area contributed by atoms with Gasteiger partial charge in [0.15, 0.2) is 0 Å². The van der Waals surface area contributed by atoms with Crippen LogP contribution in [-0.4, -0.2) is 43.8 Å². The number of methoxy groups -OCH3 is 1. The minimum atomic E-state index is -0.132. The average Bonchev–Trinajstić information content (AvgIpc) is 2.59. The van der Waals surface area contributed by atoms with Crippen LogP contribution >= 0.6 is 0 Å². The summed E-state index contributed by atoms with van der Waals surface area (Å²) < 4.78 is 5.49. The Balaban J connectivity index is 1.96. The minimum Gasteiger partial charge on any atom is -0.364 e. The highest BCUT2D eigenvalue weighted by molar-refractivity contribution is 5.73. The van der Waals surface area contributed by atoms with Crippen molar-refractivity contribution in [2.24, 2.45) is 5.41 Å². The van der Waals surface area contributed by atoms with E-state index in [-0.39, 0.29) is 11.6 Å². The first-order valence-electron chi connectivity index (χ1n) is 5.54. The molecule has 0 aromatic rings. The van der Waals surface area contributed by atoms with Gasteiger partial charge in [0.05, 0.1) is 0 Å². The van der Waals surface area contributed by atoms with Crippen molar-refractivity contribution < 1.29 is 9.53 Å². The lowest BCUT2D eigenvalue weighted by molar-refractivity contribution is -0.165. The first-order chi connectivity index (χ1) is 7.05. The van der Waals surface area contributed by atoms with E-state index in [2.05, 4.69) is 5.32 Å². The van der Waals surface area contributed by atoms with Gasteiger partial charge in [-0.2, -0.15) is 0 Å². The van der Waals surface area contributed by atoms with E-state index >= 15 is 0 Å². The lowest BCUT2D eigenvalue weighted by Gasteiger charge is -2.53. The molecular weight excluding hydrogens is 192 g/mol. The Morgan fingerprint density at radius 2 is 2.13 bits per heavy atom. The highest BCUT2D eigenvalue weighted by atomic mass is 16.5. The number of rotatable bonds is 2. The Morgan fingerprint density at radius 1 is 1.47 bits per heavy atom. The molecule has 1 aliphatic heterocycles. The van der Waals surface area contributed by atoms with Crippen LogP contribution in [0.5, 0.6) is 0 Å². The second-order valence-corrected chi connectivity index (χ2v) is 4.99. The molecule has 15 heavy (non-hydrogen) atoms. The van der Waals surface area contributed by atoms with Gasteiger partial charge >= 0.3 is 0 Å². The fourth-order valence-electron chi connectivity index (χ4n) is 3.08. The second-order valence-electron chi connectivity index (χ2n) is 4.99. The maximum Gasteiger partial charge on any atom is 0.219 e. The van der Waals surface area contributed by atoms with Crippen molar-refractivity contribution in [1.82, 2.24) is 10.2 Å². The van der Waals surface area contributed by atoms with Gasteiger partial charge in [0.2, 0.25) is 5.91 Å². The van der Waals surface area contributed by atoms with E-state index in [1.807, 2.05) is 11.9 Å². The molecule has 86 valence electrons. The number of carbonyl (C=O) groups is 1. The summed E-state index contributed by atoms with van der Waals surface area (Å²) in [5.41, 5.74) is 0.192. The van der Waals surface area contributed by atoms with Crippen molar-refractivity contribution in [2.75, 3.05) is 27.2 Å². The van der Waals surface area contributed by atoms with Gasteiger partial charge in [0.25, 0.3) is 0 Å². The number of nitrogens with zero attached hydrogens (tertiary/aromatic N) is 1. The SMILES string of the molecule is CNC1(OC)CC2(CCN(C(C)=O)C2)C1. The third-order valence-corrected chi connectivity index (χ3v) is 4.05. The molecular formula is C11H20N2O2. The van der Waals surface area contributed by atoms with Crippen LogP contribution < -0.4 is 5.32 Å². The summed E-state index contributed by atoms with van der Waals surface area (Å²) in [4.78, 5) is 13.2. The summed E-state index contributed by atoms with van der Waals surface area (Å²) >= 11 is 0. The van der Waals surface area contributed by atoms with Gasteiger partial charge in [-0.25, -0.2) is 0 Å². The molecule has 1 amide bonds. The van der Waals surface area contributed by atoms with Crippen LogP contribution in [0.4, 0.5) is 0 Å². The van der Waals surface area contributed by atoms with E-state index in [0.29, 0.717) is 5.41 Å². The zero-order valence-corrected chi connectivity index (χ0v) is 9.80. The van der Waals surface area contributed by atoms with Gasteiger partial charge in [-0.1, -0.05) is 0 Å². The fraction of sp³-hybridized carbons (Fsp3) is 0.909. The van der Waals surface area contributed by atoms with Crippen LogP contribution in [0.25, 0.3) is 0 Å². The first kappa shape index (κ1) is 10.9. The van der Waals surface area contributed by atoms with E-state index < -0.39 is 0 Å². The molecule has 1 saturated carbocycles. The molecule has 2 rings (SSSR count). The van der Waals surface area contributed by atoms with Crippen LogP contribution in [0, 0.1) is 5.41 Å². The molecule has 0 aromatic heterocycles. The standard InChI is InChI=1S/C11H20N2O2/c1-9(14)13-5-4-10(8-13)6-11(7-10,12-2)15-3/h12H,4-8H2,1-3H3. The number of hydrogen-bond donors (Lipinski definition) is 1. The maximum atomic E-state index is 11.3. The number of ether oxygens (including phenoxy) is 1. The molecule has 0 bridgehead atoms. The van der Waals surface area contributed by atoms with Gasteiger partial charge < -0.3 is 9.64 Å². The monoisotopic (exact) mass is 212 g/mol. The molecule has 4 heteroatoms. The topological polar surface area (TPSA) is 41.6 Å². The van der Waals surface area contributed by atoms with Crippen LogP contribution in [0.2, 0.25) is 0 Å². The van der Waals surface area contributed by atoms with Gasteiger partial charge in [-0.05, 0) is 31.7 Å². The fourth-order valence-corrected chi connectivity index (χ4v) is 3.08. The molecule has 0 unspecified atom stereocenters. The van der Waals surface area contributed by atoms with Crippen LogP contribution in [0.1, 0.15) is 26.2 Å². The Hall–Kier alpha value is -0.610. The lowest BCUT2D eigenvalue weighted by Crippen LogP contribution is -2.61. The summed E-state index contributed by atoms with van der Waals surface area (Å²) in [5.74, 6) is 0.200. The van der Waals surface area contributed by atoms with Crippen LogP contribution in [0.15, 0.2) is 0 Å². The second kappa shape index (κ2) is 3.46. The van der Waals surface area contributed by atoms with Crippen LogP contribution in [-0.2, 0) is 9.53 Å². The number of amides is 1. The molecule has 1 aliphatic carbocycles. The summed E-state index contributed by atoms with van der Waals surface area (Å²) in [6.07, 6.45) is 3.17. The van der Waals surface area contributed by atoms with Crippen LogP contribution in [0.3, 0.4) is 0 Å². The van der Waals surface area contributed by atoms with E-state index in [1.54, 1.807) is 14.0 Å². The Labute approximate surface area is 91.0 Å². The summed E-state index contributed by atoms with van der Waals surface area (Å²) in [6, 6.07) is 0. The van der Waals surface area contributed by atoms with E-state index in [0.717, 1.165) is 32.4 Å². The van der Waals surface area contributed by atoms with Crippen molar-refractivity contribution >= 4 is 5.91 Å². The Kier molecular flexibility index (Phi) is 2.51. The average molecular weight is 212 g/mol. The molecule has 0 radical (unpaired) electrons.